The molecule has 0 aromatic carbocycles. The SMILES string of the molecule is CC(C)C[C@@]1(C(=O)OC(C)(C)C)CC(C#N)[C@H](c2nccs2)N1. The maximum absolute atomic E-state index is 12.9. The minimum absolute atomic E-state index is 0.216. The van der Waals surface area contributed by atoms with Gasteiger partial charge in [-0.15, -0.1) is 11.3 Å². The molecule has 0 saturated carbocycles. The van der Waals surface area contributed by atoms with E-state index in [4.69, 9.17) is 4.74 Å². The highest BCUT2D eigenvalue weighted by molar-refractivity contribution is 7.09. The van der Waals surface area contributed by atoms with Gasteiger partial charge in [0.25, 0.3) is 0 Å². The second kappa shape index (κ2) is 6.58. The van der Waals surface area contributed by atoms with Gasteiger partial charge in [0.1, 0.15) is 16.1 Å². The zero-order chi connectivity index (χ0) is 17.3. The lowest BCUT2D eigenvalue weighted by atomic mass is 9.84. The lowest BCUT2D eigenvalue weighted by molar-refractivity contribution is -0.163. The summed E-state index contributed by atoms with van der Waals surface area (Å²) in [5.41, 5.74) is -1.37. The molecule has 2 rings (SSSR count). The molecule has 0 spiro atoms. The fourth-order valence-corrected chi connectivity index (χ4v) is 3.89. The number of aromatic nitrogens is 1. The Labute approximate surface area is 142 Å². The Morgan fingerprint density at radius 2 is 2.30 bits per heavy atom. The van der Waals surface area contributed by atoms with Crippen LogP contribution in [-0.2, 0) is 9.53 Å². The molecule has 0 radical (unpaired) electrons. The van der Waals surface area contributed by atoms with Crippen LogP contribution in [0.15, 0.2) is 11.6 Å². The number of esters is 1. The van der Waals surface area contributed by atoms with Gasteiger partial charge in [0, 0.05) is 11.6 Å². The average molecular weight is 335 g/mol. The molecule has 0 aliphatic carbocycles. The van der Waals surface area contributed by atoms with Gasteiger partial charge in [-0.25, -0.2) is 4.98 Å². The van der Waals surface area contributed by atoms with Crippen molar-refractivity contribution in [2.45, 2.75) is 64.6 Å². The first kappa shape index (κ1) is 17.9. The van der Waals surface area contributed by atoms with Crippen LogP contribution in [0.25, 0.3) is 0 Å². The Morgan fingerprint density at radius 1 is 1.61 bits per heavy atom. The molecule has 1 N–H and O–H groups in total. The smallest absolute Gasteiger partial charge is 0.326 e. The zero-order valence-corrected chi connectivity index (χ0v) is 15.2. The van der Waals surface area contributed by atoms with Gasteiger partial charge in [0.15, 0.2) is 0 Å². The number of carbonyl (C=O) groups is 1. The molecule has 1 unspecified atom stereocenters. The number of nitrogens with one attached hydrogen (secondary N) is 1. The van der Waals surface area contributed by atoms with Crippen molar-refractivity contribution in [1.82, 2.24) is 10.3 Å². The summed E-state index contributed by atoms with van der Waals surface area (Å²) < 4.78 is 5.66. The van der Waals surface area contributed by atoms with Crippen molar-refractivity contribution >= 4 is 17.3 Å². The molecular weight excluding hydrogens is 310 g/mol. The van der Waals surface area contributed by atoms with Gasteiger partial charge in [-0.1, -0.05) is 13.8 Å². The molecule has 126 valence electrons. The van der Waals surface area contributed by atoms with Crippen LogP contribution in [-0.4, -0.2) is 22.1 Å². The summed E-state index contributed by atoms with van der Waals surface area (Å²) >= 11 is 1.51. The number of rotatable bonds is 4. The van der Waals surface area contributed by atoms with Crippen LogP contribution in [0.1, 0.15) is 58.5 Å². The van der Waals surface area contributed by atoms with E-state index < -0.39 is 11.1 Å². The van der Waals surface area contributed by atoms with Gasteiger partial charge in [0.05, 0.1) is 18.0 Å². The molecule has 1 aromatic heterocycles. The first-order valence-electron chi connectivity index (χ1n) is 7.97. The average Bonchev–Trinajstić information content (AvgIpc) is 3.03. The molecule has 1 aromatic rings. The molecule has 5 nitrogen and oxygen atoms in total. The number of carbonyl (C=O) groups excluding carboxylic acids is 1. The minimum atomic E-state index is -0.821. The largest absolute Gasteiger partial charge is 0.459 e. The Bertz CT molecular complexity index is 586. The van der Waals surface area contributed by atoms with Gasteiger partial charge >= 0.3 is 5.97 Å². The van der Waals surface area contributed by atoms with Crippen LogP contribution in [0, 0.1) is 23.2 Å². The van der Waals surface area contributed by atoms with Crippen LogP contribution < -0.4 is 5.32 Å². The van der Waals surface area contributed by atoms with Crippen molar-refractivity contribution in [2.24, 2.45) is 11.8 Å². The molecule has 1 aliphatic rings. The molecule has 1 saturated heterocycles. The molecule has 1 aliphatic heterocycles. The standard InChI is InChI=1S/C17H25N3O2S/c1-11(2)8-17(15(21)22-16(3,4)5)9-12(10-18)13(20-17)14-19-6-7-23-14/h6-7,11-13,20H,8-9H2,1-5H3/t12?,13-,17+/m1/s1. The lowest BCUT2D eigenvalue weighted by Crippen LogP contribution is -2.52. The summed E-state index contributed by atoms with van der Waals surface area (Å²) in [7, 11) is 0. The number of ether oxygens (including phenoxy) is 1. The lowest BCUT2D eigenvalue weighted by Gasteiger charge is -2.33. The third-order valence-electron chi connectivity index (χ3n) is 3.83. The van der Waals surface area contributed by atoms with E-state index >= 15 is 0 Å². The maximum Gasteiger partial charge on any atom is 0.326 e. The van der Waals surface area contributed by atoms with E-state index in [1.807, 2.05) is 26.2 Å². The quantitative estimate of drug-likeness (QED) is 0.853. The Morgan fingerprint density at radius 3 is 2.78 bits per heavy atom. The highest BCUT2D eigenvalue weighted by Crippen LogP contribution is 2.42. The molecule has 0 bridgehead atoms. The summed E-state index contributed by atoms with van der Waals surface area (Å²) in [6, 6.07) is 2.13. The van der Waals surface area contributed by atoms with Gasteiger partial charge in [-0.2, -0.15) is 5.26 Å². The monoisotopic (exact) mass is 335 g/mol. The molecular formula is C17H25N3O2S. The Hall–Kier alpha value is -1.45. The number of thiazole rings is 1. The van der Waals surface area contributed by atoms with E-state index in [2.05, 4.69) is 30.2 Å². The molecule has 0 amide bonds. The summed E-state index contributed by atoms with van der Waals surface area (Å²) in [4.78, 5) is 17.2. The minimum Gasteiger partial charge on any atom is -0.459 e. The van der Waals surface area contributed by atoms with Crippen molar-refractivity contribution in [3.8, 4) is 6.07 Å². The van der Waals surface area contributed by atoms with Crippen molar-refractivity contribution in [2.75, 3.05) is 0 Å². The number of hydrogen-bond donors (Lipinski definition) is 1. The summed E-state index contributed by atoms with van der Waals surface area (Å²) in [5.74, 6) is -0.241. The zero-order valence-electron chi connectivity index (χ0n) is 14.4. The summed E-state index contributed by atoms with van der Waals surface area (Å²) in [6.07, 6.45) is 2.83. The van der Waals surface area contributed by atoms with Crippen LogP contribution in [0.2, 0.25) is 0 Å². The van der Waals surface area contributed by atoms with Gasteiger partial charge in [0.2, 0.25) is 0 Å². The number of nitrogens with zero attached hydrogens (tertiary/aromatic N) is 2. The van der Waals surface area contributed by atoms with Crippen LogP contribution in [0.4, 0.5) is 0 Å². The van der Waals surface area contributed by atoms with Crippen molar-refractivity contribution in [3.05, 3.63) is 16.6 Å². The highest BCUT2D eigenvalue weighted by Gasteiger charge is 2.53. The van der Waals surface area contributed by atoms with Gasteiger partial charge in [-0.3, -0.25) is 10.1 Å². The van der Waals surface area contributed by atoms with Crippen molar-refractivity contribution < 1.29 is 9.53 Å². The molecule has 3 atom stereocenters. The summed E-state index contributed by atoms with van der Waals surface area (Å²) in [6.45, 7) is 9.74. The predicted octanol–water partition coefficient (Wildman–Crippen LogP) is 3.44. The van der Waals surface area contributed by atoms with Crippen LogP contribution in [0.3, 0.4) is 0 Å². The van der Waals surface area contributed by atoms with E-state index in [0.29, 0.717) is 18.8 Å². The van der Waals surface area contributed by atoms with Crippen LogP contribution >= 0.6 is 11.3 Å². The molecule has 6 heteroatoms. The fraction of sp³-hybridized carbons (Fsp3) is 0.706. The third kappa shape index (κ3) is 4.10. The van der Waals surface area contributed by atoms with Crippen molar-refractivity contribution in [1.29, 1.82) is 5.26 Å². The van der Waals surface area contributed by atoms with E-state index in [9.17, 15) is 10.1 Å². The van der Waals surface area contributed by atoms with E-state index in [1.165, 1.54) is 11.3 Å². The highest BCUT2D eigenvalue weighted by atomic mass is 32.1. The predicted molar refractivity (Wildman–Crippen MR) is 89.7 cm³/mol. The second-order valence-corrected chi connectivity index (χ2v) is 8.54. The Balaban J connectivity index is 2.32. The fourth-order valence-electron chi connectivity index (χ4n) is 3.13. The first-order valence-corrected chi connectivity index (χ1v) is 8.85. The van der Waals surface area contributed by atoms with Gasteiger partial charge < -0.3 is 4.74 Å². The third-order valence-corrected chi connectivity index (χ3v) is 4.69. The van der Waals surface area contributed by atoms with Crippen molar-refractivity contribution in [3.63, 3.8) is 0 Å². The topological polar surface area (TPSA) is 75.0 Å². The van der Waals surface area contributed by atoms with Crippen LogP contribution in [0.5, 0.6) is 0 Å². The number of nitriles is 1. The molecule has 2 heterocycles. The van der Waals surface area contributed by atoms with E-state index in [-0.39, 0.29) is 17.9 Å². The summed E-state index contributed by atoms with van der Waals surface area (Å²) in [5, 5.41) is 15.7. The molecule has 1 fully saturated rings. The van der Waals surface area contributed by atoms with E-state index in [1.54, 1.807) is 6.20 Å². The number of hydrogen-bond acceptors (Lipinski definition) is 6. The molecule has 23 heavy (non-hydrogen) atoms. The van der Waals surface area contributed by atoms with Gasteiger partial charge in [-0.05, 0) is 39.5 Å². The maximum atomic E-state index is 12.9. The normalized spacial score (nSPS) is 27.9. The first-order chi connectivity index (χ1) is 10.7. The van der Waals surface area contributed by atoms with E-state index in [0.717, 1.165) is 5.01 Å². The second-order valence-electron chi connectivity index (χ2n) is 7.61. The Kier molecular flexibility index (Phi) is 5.12.